The Balaban J connectivity index is 2.13. The van der Waals surface area contributed by atoms with E-state index < -0.39 is 10.8 Å². The first kappa shape index (κ1) is 15.2. The van der Waals surface area contributed by atoms with Crippen LogP contribution in [-0.2, 0) is 0 Å². The lowest BCUT2D eigenvalue weighted by Crippen LogP contribution is -2.47. The maximum Gasteiger partial charge on any atom is 0.300 e. The highest BCUT2D eigenvalue weighted by atomic mass is 16.6. The van der Waals surface area contributed by atoms with Gasteiger partial charge in [-0.1, -0.05) is 6.92 Å². The van der Waals surface area contributed by atoms with Crippen LogP contribution in [0.4, 0.5) is 11.5 Å². The average Bonchev–Trinajstić information content (AvgIpc) is 2.47. The molecule has 0 saturated carbocycles. The molecule has 1 aliphatic rings. The SMILES string of the molecule is CCN1CCCC(NC(=O)c2cc(N)ncc2[N+](=O)[O-])C1. The number of likely N-dealkylation sites (N-methyl/N-ethyl adjacent to an activating group) is 1. The maximum atomic E-state index is 12.3. The van der Waals surface area contributed by atoms with Crippen LogP contribution >= 0.6 is 0 Å². The van der Waals surface area contributed by atoms with Gasteiger partial charge in [0.1, 0.15) is 17.6 Å². The fourth-order valence-corrected chi connectivity index (χ4v) is 2.52. The van der Waals surface area contributed by atoms with Crippen LogP contribution < -0.4 is 11.1 Å². The Kier molecular flexibility index (Phi) is 4.69. The largest absolute Gasteiger partial charge is 0.384 e. The molecule has 0 bridgehead atoms. The maximum absolute atomic E-state index is 12.3. The number of nitrogen functional groups attached to an aromatic ring is 1. The predicted molar refractivity (Wildman–Crippen MR) is 77.9 cm³/mol. The zero-order valence-corrected chi connectivity index (χ0v) is 11.9. The van der Waals surface area contributed by atoms with Crippen LogP contribution in [0.25, 0.3) is 0 Å². The van der Waals surface area contributed by atoms with Gasteiger partial charge in [-0.05, 0) is 32.0 Å². The molecule has 1 amide bonds. The normalized spacial score (nSPS) is 19.2. The van der Waals surface area contributed by atoms with Crippen molar-refractivity contribution >= 4 is 17.4 Å². The lowest BCUT2D eigenvalue weighted by molar-refractivity contribution is -0.385. The lowest BCUT2D eigenvalue weighted by atomic mass is 10.0. The molecule has 1 aromatic heterocycles. The summed E-state index contributed by atoms with van der Waals surface area (Å²) in [6.07, 6.45) is 2.89. The monoisotopic (exact) mass is 293 g/mol. The molecular weight excluding hydrogens is 274 g/mol. The number of piperidine rings is 1. The number of nitrogens with one attached hydrogen (secondary N) is 1. The molecule has 3 N–H and O–H groups in total. The van der Waals surface area contributed by atoms with E-state index >= 15 is 0 Å². The standard InChI is InChI=1S/C13H19N5O3/c1-2-17-5-3-4-9(8-17)16-13(19)10-6-12(14)15-7-11(10)18(20)21/h6-7,9H,2-5,8H2,1H3,(H2,14,15)(H,16,19). The Hall–Kier alpha value is -2.22. The van der Waals surface area contributed by atoms with Gasteiger partial charge >= 0.3 is 0 Å². The molecule has 2 heterocycles. The van der Waals surface area contributed by atoms with E-state index in [0.717, 1.165) is 38.7 Å². The highest BCUT2D eigenvalue weighted by Crippen LogP contribution is 2.19. The van der Waals surface area contributed by atoms with E-state index in [9.17, 15) is 14.9 Å². The van der Waals surface area contributed by atoms with Gasteiger partial charge < -0.3 is 16.0 Å². The van der Waals surface area contributed by atoms with Crippen LogP contribution in [0.15, 0.2) is 12.3 Å². The van der Waals surface area contributed by atoms with Crippen LogP contribution in [0.5, 0.6) is 0 Å². The van der Waals surface area contributed by atoms with Crippen molar-refractivity contribution in [3.8, 4) is 0 Å². The highest BCUT2D eigenvalue weighted by Gasteiger charge is 2.25. The second-order valence-corrected chi connectivity index (χ2v) is 5.09. The first-order valence-corrected chi connectivity index (χ1v) is 6.94. The van der Waals surface area contributed by atoms with Crippen molar-refractivity contribution in [2.45, 2.75) is 25.8 Å². The average molecular weight is 293 g/mol. The summed E-state index contributed by atoms with van der Waals surface area (Å²) in [7, 11) is 0. The zero-order valence-electron chi connectivity index (χ0n) is 11.9. The number of aromatic nitrogens is 1. The number of rotatable bonds is 4. The summed E-state index contributed by atoms with van der Waals surface area (Å²) in [4.78, 5) is 28.5. The molecule has 1 unspecified atom stereocenters. The molecule has 0 aliphatic carbocycles. The molecule has 0 spiro atoms. The van der Waals surface area contributed by atoms with E-state index in [4.69, 9.17) is 5.73 Å². The van der Waals surface area contributed by atoms with Crippen LogP contribution in [0.3, 0.4) is 0 Å². The van der Waals surface area contributed by atoms with Crippen LogP contribution in [0.2, 0.25) is 0 Å². The summed E-state index contributed by atoms with van der Waals surface area (Å²) in [5, 5.41) is 13.8. The second kappa shape index (κ2) is 6.49. The van der Waals surface area contributed by atoms with Gasteiger partial charge in [0.15, 0.2) is 0 Å². The highest BCUT2D eigenvalue weighted by molar-refractivity contribution is 5.98. The third-order valence-corrected chi connectivity index (χ3v) is 3.63. The summed E-state index contributed by atoms with van der Waals surface area (Å²) in [6, 6.07) is 1.24. The minimum Gasteiger partial charge on any atom is -0.384 e. The molecular formula is C13H19N5O3. The first-order chi connectivity index (χ1) is 10.0. The Morgan fingerprint density at radius 3 is 3.10 bits per heavy atom. The van der Waals surface area contributed by atoms with Crippen LogP contribution in [-0.4, -0.2) is 46.4 Å². The number of nitro groups is 1. The van der Waals surface area contributed by atoms with Crippen molar-refractivity contribution in [2.24, 2.45) is 0 Å². The molecule has 8 heteroatoms. The Bertz CT molecular complexity index is 549. The van der Waals surface area contributed by atoms with Gasteiger partial charge in [0.25, 0.3) is 11.6 Å². The number of carbonyl (C=O) groups is 1. The smallest absolute Gasteiger partial charge is 0.300 e. The van der Waals surface area contributed by atoms with E-state index in [1.165, 1.54) is 6.07 Å². The minimum absolute atomic E-state index is 0.000180. The van der Waals surface area contributed by atoms with Crippen LogP contribution in [0.1, 0.15) is 30.1 Å². The summed E-state index contributed by atoms with van der Waals surface area (Å²) in [5.41, 5.74) is 5.15. The number of hydrogen-bond donors (Lipinski definition) is 2. The number of nitrogens with zero attached hydrogens (tertiary/aromatic N) is 3. The van der Waals surface area contributed by atoms with E-state index in [0.29, 0.717) is 0 Å². The van der Waals surface area contributed by atoms with Crippen LogP contribution in [0, 0.1) is 10.1 Å². The van der Waals surface area contributed by atoms with Gasteiger partial charge in [-0.25, -0.2) is 4.98 Å². The number of nitrogens with two attached hydrogens (primary N) is 1. The van der Waals surface area contributed by atoms with Crippen molar-refractivity contribution in [1.29, 1.82) is 0 Å². The van der Waals surface area contributed by atoms with Gasteiger partial charge in [0.2, 0.25) is 0 Å². The van der Waals surface area contributed by atoms with E-state index in [-0.39, 0.29) is 23.1 Å². The number of anilines is 1. The topological polar surface area (TPSA) is 114 Å². The summed E-state index contributed by atoms with van der Waals surface area (Å²) >= 11 is 0. The number of hydrogen-bond acceptors (Lipinski definition) is 6. The molecule has 0 aromatic carbocycles. The molecule has 21 heavy (non-hydrogen) atoms. The van der Waals surface area contributed by atoms with Gasteiger partial charge in [-0.3, -0.25) is 14.9 Å². The Morgan fingerprint density at radius 2 is 2.43 bits per heavy atom. The Labute approximate surface area is 122 Å². The number of pyridine rings is 1. The summed E-state index contributed by atoms with van der Waals surface area (Å²) in [6.45, 7) is 4.77. The fourth-order valence-electron chi connectivity index (χ4n) is 2.52. The van der Waals surface area contributed by atoms with Gasteiger partial charge in [0, 0.05) is 12.6 Å². The molecule has 114 valence electrons. The molecule has 1 saturated heterocycles. The van der Waals surface area contributed by atoms with Crippen molar-refractivity contribution in [1.82, 2.24) is 15.2 Å². The minimum atomic E-state index is -0.624. The zero-order chi connectivity index (χ0) is 15.4. The summed E-state index contributed by atoms with van der Waals surface area (Å²) in [5.74, 6) is -0.386. The van der Waals surface area contributed by atoms with E-state index in [1.54, 1.807) is 0 Å². The molecule has 1 aromatic rings. The van der Waals surface area contributed by atoms with E-state index in [1.807, 2.05) is 0 Å². The lowest BCUT2D eigenvalue weighted by Gasteiger charge is -2.32. The third-order valence-electron chi connectivity index (χ3n) is 3.63. The molecule has 2 rings (SSSR count). The first-order valence-electron chi connectivity index (χ1n) is 6.94. The number of likely N-dealkylation sites (tertiary alicyclic amines) is 1. The predicted octanol–water partition coefficient (Wildman–Crippen LogP) is 0.786. The second-order valence-electron chi connectivity index (χ2n) is 5.09. The fraction of sp³-hybridized carbons (Fsp3) is 0.538. The quantitative estimate of drug-likeness (QED) is 0.626. The van der Waals surface area contributed by atoms with Crippen molar-refractivity contribution in [3.63, 3.8) is 0 Å². The van der Waals surface area contributed by atoms with Gasteiger partial charge in [-0.2, -0.15) is 0 Å². The molecule has 8 nitrogen and oxygen atoms in total. The Morgan fingerprint density at radius 1 is 1.67 bits per heavy atom. The van der Waals surface area contributed by atoms with Crippen molar-refractivity contribution < 1.29 is 9.72 Å². The number of carbonyl (C=O) groups excluding carboxylic acids is 1. The molecule has 1 fully saturated rings. The molecule has 0 radical (unpaired) electrons. The molecule has 1 aliphatic heterocycles. The van der Waals surface area contributed by atoms with Crippen molar-refractivity contribution in [2.75, 3.05) is 25.4 Å². The van der Waals surface area contributed by atoms with E-state index in [2.05, 4.69) is 22.1 Å². The van der Waals surface area contributed by atoms with Gasteiger partial charge in [0.05, 0.1) is 4.92 Å². The third kappa shape index (κ3) is 3.66. The summed E-state index contributed by atoms with van der Waals surface area (Å²) < 4.78 is 0. The molecule has 1 atom stereocenters. The van der Waals surface area contributed by atoms with Crippen molar-refractivity contribution in [3.05, 3.63) is 27.9 Å². The number of amides is 1. The van der Waals surface area contributed by atoms with Gasteiger partial charge in [-0.15, -0.1) is 0 Å².